The van der Waals surface area contributed by atoms with E-state index >= 15 is 0 Å². The van der Waals surface area contributed by atoms with Gasteiger partial charge in [-0.15, -0.1) is 11.8 Å². The number of nitrogens with one attached hydrogen (secondary N) is 1. The number of anilines is 1. The predicted molar refractivity (Wildman–Crippen MR) is 101 cm³/mol. The standard InChI is InChI=1S/C19H15N3O3S/c23-19(15-4-1-5-17(11-15)22(24)25)21-16-6-8-18(9-7-16)26-13-14-3-2-10-20-12-14/h1-12H,13H2,(H,21,23). The summed E-state index contributed by atoms with van der Waals surface area (Å²) in [7, 11) is 0. The number of amides is 1. The lowest BCUT2D eigenvalue weighted by molar-refractivity contribution is -0.384. The number of rotatable bonds is 6. The van der Waals surface area contributed by atoms with Crippen LogP contribution in [0.15, 0.2) is 78.0 Å². The van der Waals surface area contributed by atoms with Crippen LogP contribution in [-0.2, 0) is 5.75 Å². The zero-order valence-corrected chi connectivity index (χ0v) is 14.5. The Morgan fingerprint density at radius 3 is 2.62 bits per heavy atom. The minimum atomic E-state index is -0.523. The van der Waals surface area contributed by atoms with E-state index in [1.54, 1.807) is 36.2 Å². The van der Waals surface area contributed by atoms with E-state index in [-0.39, 0.29) is 17.2 Å². The van der Waals surface area contributed by atoms with Gasteiger partial charge in [-0.3, -0.25) is 19.9 Å². The van der Waals surface area contributed by atoms with E-state index in [0.717, 1.165) is 16.2 Å². The normalized spacial score (nSPS) is 10.3. The second-order valence-electron chi connectivity index (χ2n) is 5.44. The van der Waals surface area contributed by atoms with Crippen molar-refractivity contribution in [2.45, 2.75) is 10.6 Å². The summed E-state index contributed by atoms with van der Waals surface area (Å²) in [5.41, 5.74) is 1.90. The van der Waals surface area contributed by atoms with Crippen LogP contribution in [-0.4, -0.2) is 15.8 Å². The molecule has 1 heterocycles. The van der Waals surface area contributed by atoms with Gasteiger partial charge in [0.05, 0.1) is 4.92 Å². The summed E-state index contributed by atoms with van der Waals surface area (Å²) in [6, 6.07) is 17.0. The fourth-order valence-corrected chi connectivity index (χ4v) is 3.08. The Labute approximate surface area is 154 Å². The molecule has 1 N–H and O–H groups in total. The number of aromatic nitrogens is 1. The second kappa shape index (κ2) is 8.26. The first-order chi connectivity index (χ1) is 12.6. The van der Waals surface area contributed by atoms with E-state index in [1.165, 1.54) is 18.2 Å². The van der Waals surface area contributed by atoms with Crippen molar-refractivity contribution in [3.8, 4) is 0 Å². The van der Waals surface area contributed by atoms with Gasteiger partial charge >= 0.3 is 0 Å². The molecule has 0 radical (unpaired) electrons. The van der Waals surface area contributed by atoms with Crippen LogP contribution in [0.25, 0.3) is 0 Å². The monoisotopic (exact) mass is 365 g/mol. The highest BCUT2D eigenvalue weighted by atomic mass is 32.2. The van der Waals surface area contributed by atoms with Gasteiger partial charge in [0.2, 0.25) is 0 Å². The Morgan fingerprint density at radius 1 is 1.12 bits per heavy atom. The fraction of sp³-hybridized carbons (Fsp3) is 0.0526. The molecule has 0 aliphatic carbocycles. The van der Waals surface area contributed by atoms with Gasteiger partial charge in [-0.1, -0.05) is 12.1 Å². The lowest BCUT2D eigenvalue weighted by atomic mass is 10.2. The zero-order valence-electron chi connectivity index (χ0n) is 13.7. The molecule has 0 fully saturated rings. The molecule has 0 unspecified atom stereocenters. The van der Waals surface area contributed by atoms with Crippen molar-refractivity contribution in [1.29, 1.82) is 0 Å². The summed E-state index contributed by atoms with van der Waals surface area (Å²) in [6.07, 6.45) is 3.58. The Hall–Kier alpha value is -3.19. The van der Waals surface area contributed by atoms with Crippen molar-refractivity contribution in [2.75, 3.05) is 5.32 Å². The molecule has 130 valence electrons. The highest BCUT2D eigenvalue weighted by Gasteiger charge is 2.11. The number of carbonyl (C=O) groups excluding carboxylic acids is 1. The number of hydrogen-bond donors (Lipinski definition) is 1. The molecular formula is C19H15N3O3S. The Balaban J connectivity index is 1.61. The van der Waals surface area contributed by atoms with Crippen molar-refractivity contribution < 1.29 is 9.72 Å². The summed E-state index contributed by atoms with van der Waals surface area (Å²) in [6.45, 7) is 0. The van der Waals surface area contributed by atoms with E-state index < -0.39 is 4.92 Å². The smallest absolute Gasteiger partial charge is 0.270 e. The predicted octanol–water partition coefficient (Wildman–Crippen LogP) is 4.53. The van der Waals surface area contributed by atoms with Crippen molar-refractivity contribution >= 4 is 29.0 Å². The van der Waals surface area contributed by atoms with Crippen molar-refractivity contribution in [3.05, 3.63) is 94.3 Å². The summed E-state index contributed by atoms with van der Waals surface area (Å²) < 4.78 is 0. The first-order valence-corrected chi connectivity index (χ1v) is 8.78. The van der Waals surface area contributed by atoms with Crippen molar-refractivity contribution in [3.63, 3.8) is 0 Å². The third-order valence-electron chi connectivity index (χ3n) is 3.56. The molecule has 6 nitrogen and oxygen atoms in total. The number of non-ortho nitro benzene ring substituents is 1. The first kappa shape index (κ1) is 17.6. The zero-order chi connectivity index (χ0) is 18.4. The number of carbonyl (C=O) groups is 1. The maximum absolute atomic E-state index is 12.2. The molecule has 2 aromatic carbocycles. The number of pyridine rings is 1. The number of hydrogen-bond acceptors (Lipinski definition) is 5. The summed E-state index contributed by atoms with van der Waals surface area (Å²) in [5, 5.41) is 13.5. The van der Waals surface area contributed by atoms with Crippen LogP contribution in [0.1, 0.15) is 15.9 Å². The molecule has 0 atom stereocenters. The van der Waals surface area contributed by atoms with Crippen LogP contribution in [0, 0.1) is 10.1 Å². The van der Waals surface area contributed by atoms with Gasteiger partial charge in [-0.05, 0) is 42.0 Å². The topological polar surface area (TPSA) is 85.1 Å². The van der Waals surface area contributed by atoms with E-state index in [0.29, 0.717) is 5.69 Å². The number of thioether (sulfide) groups is 1. The highest BCUT2D eigenvalue weighted by Crippen LogP contribution is 2.24. The molecule has 0 aliphatic rings. The molecule has 1 aromatic heterocycles. The molecule has 3 aromatic rings. The molecule has 0 aliphatic heterocycles. The lowest BCUT2D eigenvalue weighted by Crippen LogP contribution is -2.11. The largest absolute Gasteiger partial charge is 0.322 e. The quantitative estimate of drug-likeness (QED) is 0.394. The second-order valence-corrected chi connectivity index (χ2v) is 6.48. The maximum atomic E-state index is 12.2. The minimum Gasteiger partial charge on any atom is -0.322 e. The third-order valence-corrected chi connectivity index (χ3v) is 4.64. The lowest BCUT2D eigenvalue weighted by Gasteiger charge is -2.07. The van der Waals surface area contributed by atoms with Crippen LogP contribution in [0.3, 0.4) is 0 Å². The molecule has 0 bridgehead atoms. The molecule has 26 heavy (non-hydrogen) atoms. The molecule has 7 heteroatoms. The van der Waals surface area contributed by atoms with Gasteiger partial charge in [0, 0.05) is 46.4 Å². The third kappa shape index (κ3) is 4.67. The van der Waals surface area contributed by atoms with Crippen molar-refractivity contribution in [2.24, 2.45) is 0 Å². The van der Waals surface area contributed by atoms with E-state index in [1.807, 2.05) is 30.5 Å². The van der Waals surface area contributed by atoms with Gasteiger partial charge < -0.3 is 5.32 Å². The minimum absolute atomic E-state index is 0.111. The van der Waals surface area contributed by atoms with Gasteiger partial charge in [-0.25, -0.2) is 0 Å². The Kier molecular flexibility index (Phi) is 5.60. The highest BCUT2D eigenvalue weighted by molar-refractivity contribution is 7.98. The summed E-state index contributed by atoms with van der Waals surface area (Å²) in [5.74, 6) is 0.428. The summed E-state index contributed by atoms with van der Waals surface area (Å²) >= 11 is 1.67. The van der Waals surface area contributed by atoms with Crippen LogP contribution in [0.4, 0.5) is 11.4 Å². The van der Waals surface area contributed by atoms with Gasteiger partial charge in [0.25, 0.3) is 11.6 Å². The van der Waals surface area contributed by atoms with E-state index in [9.17, 15) is 14.9 Å². The number of nitro groups is 1. The average Bonchev–Trinajstić information content (AvgIpc) is 2.68. The Morgan fingerprint density at radius 2 is 1.92 bits per heavy atom. The van der Waals surface area contributed by atoms with E-state index in [2.05, 4.69) is 10.3 Å². The SMILES string of the molecule is O=C(Nc1ccc(SCc2cccnc2)cc1)c1cccc([N+](=O)[O-])c1. The molecule has 1 amide bonds. The molecule has 0 saturated heterocycles. The van der Waals surface area contributed by atoms with Gasteiger partial charge in [-0.2, -0.15) is 0 Å². The summed E-state index contributed by atoms with van der Waals surface area (Å²) in [4.78, 5) is 27.7. The maximum Gasteiger partial charge on any atom is 0.270 e. The fourth-order valence-electron chi connectivity index (χ4n) is 2.25. The number of benzene rings is 2. The molecule has 0 spiro atoms. The first-order valence-electron chi connectivity index (χ1n) is 7.79. The number of nitro benzene ring substituents is 1. The molecular weight excluding hydrogens is 350 g/mol. The van der Waals surface area contributed by atoms with Crippen LogP contribution in [0.5, 0.6) is 0 Å². The van der Waals surface area contributed by atoms with Gasteiger partial charge in [0.1, 0.15) is 0 Å². The van der Waals surface area contributed by atoms with E-state index in [4.69, 9.17) is 0 Å². The van der Waals surface area contributed by atoms with Crippen molar-refractivity contribution in [1.82, 2.24) is 4.98 Å². The molecule has 3 rings (SSSR count). The Bertz CT molecular complexity index is 915. The number of nitrogens with zero attached hydrogens (tertiary/aromatic N) is 2. The van der Waals surface area contributed by atoms with Crippen LogP contribution >= 0.6 is 11.8 Å². The average molecular weight is 365 g/mol. The van der Waals surface area contributed by atoms with Crippen LogP contribution in [0.2, 0.25) is 0 Å². The van der Waals surface area contributed by atoms with Crippen LogP contribution < -0.4 is 5.32 Å². The molecule has 0 saturated carbocycles. The van der Waals surface area contributed by atoms with Gasteiger partial charge in [0.15, 0.2) is 0 Å².